The molecule has 0 fully saturated rings. The second-order valence-electron chi connectivity index (χ2n) is 10.3. The molecule has 2 nitrogen and oxygen atoms in total. The first-order chi connectivity index (χ1) is 15.8. The van der Waals surface area contributed by atoms with Gasteiger partial charge in [-0.3, -0.25) is 0 Å². The fourth-order valence-corrected chi connectivity index (χ4v) is 4.73. The second-order valence-corrected chi connectivity index (χ2v) is 10.3. The van der Waals surface area contributed by atoms with E-state index in [0.717, 1.165) is 25.9 Å². The van der Waals surface area contributed by atoms with E-state index >= 15 is 0 Å². The lowest BCUT2D eigenvalue weighted by atomic mass is 9.93. The maximum absolute atomic E-state index is 10.7. The molecule has 0 radical (unpaired) electrons. The third-order valence-electron chi connectivity index (χ3n) is 7.05. The van der Waals surface area contributed by atoms with Crippen molar-refractivity contribution < 1.29 is 9.84 Å². The van der Waals surface area contributed by atoms with Gasteiger partial charge in [0.2, 0.25) is 0 Å². The molecule has 0 aromatic heterocycles. The molecule has 0 rings (SSSR count). The third-order valence-corrected chi connectivity index (χ3v) is 7.05. The molecule has 0 aliphatic carbocycles. The molecule has 0 saturated carbocycles. The van der Waals surface area contributed by atoms with Crippen LogP contribution in [0.2, 0.25) is 0 Å². The highest BCUT2D eigenvalue weighted by atomic mass is 16.6. The first kappa shape index (κ1) is 31.9. The Morgan fingerprint density at radius 2 is 0.750 bits per heavy atom. The summed E-state index contributed by atoms with van der Waals surface area (Å²) in [7, 11) is 0. The van der Waals surface area contributed by atoms with Crippen LogP contribution < -0.4 is 0 Å². The first-order valence-corrected chi connectivity index (χ1v) is 15.1. The van der Waals surface area contributed by atoms with E-state index in [1.54, 1.807) is 0 Å². The van der Waals surface area contributed by atoms with Crippen LogP contribution in [0.5, 0.6) is 0 Å². The van der Waals surface area contributed by atoms with Crippen molar-refractivity contribution in [2.24, 2.45) is 5.92 Å². The highest BCUT2D eigenvalue weighted by Crippen LogP contribution is 2.23. The van der Waals surface area contributed by atoms with Crippen LogP contribution in [0.1, 0.15) is 175 Å². The van der Waals surface area contributed by atoms with Crippen molar-refractivity contribution in [1.29, 1.82) is 0 Å². The highest BCUT2D eigenvalue weighted by Gasteiger charge is 2.19. The molecule has 0 aliphatic heterocycles. The molecule has 0 bridgehead atoms. The molecule has 32 heavy (non-hydrogen) atoms. The van der Waals surface area contributed by atoms with E-state index in [9.17, 15) is 5.11 Å². The van der Waals surface area contributed by atoms with Crippen LogP contribution in [-0.4, -0.2) is 18.0 Å². The Morgan fingerprint density at radius 1 is 0.438 bits per heavy atom. The Labute approximate surface area is 203 Å². The Morgan fingerprint density at radius 3 is 1.16 bits per heavy atom. The summed E-state index contributed by atoms with van der Waals surface area (Å²) in [6.07, 6.45) is 31.2. The van der Waals surface area contributed by atoms with E-state index in [1.165, 1.54) is 135 Å². The third kappa shape index (κ3) is 23.1. The highest BCUT2D eigenvalue weighted by molar-refractivity contribution is 4.64. The van der Waals surface area contributed by atoms with Crippen LogP contribution in [0.25, 0.3) is 0 Å². The van der Waals surface area contributed by atoms with Gasteiger partial charge in [-0.25, -0.2) is 0 Å². The number of unbranched alkanes of at least 4 members (excludes halogenated alkanes) is 19. The van der Waals surface area contributed by atoms with Crippen molar-refractivity contribution in [3.63, 3.8) is 0 Å². The van der Waals surface area contributed by atoms with E-state index in [2.05, 4.69) is 20.8 Å². The van der Waals surface area contributed by atoms with E-state index in [1.807, 2.05) is 0 Å². The minimum atomic E-state index is -0.542. The van der Waals surface area contributed by atoms with Gasteiger partial charge in [0.15, 0.2) is 6.29 Å². The molecule has 0 aliphatic rings. The predicted octanol–water partition coefficient (Wildman–Crippen LogP) is 10.4. The fourth-order valence-electron chi connectivity index (χ4n) is 4.73. The first-order valence-electron chi connectivity index (χ1n) is 15.1. The van der Waals surface area contributed by atoms with Gasteiger partial charge >= 0.3 is 0 Å². The number of aliphatic hydroxyl groups excluding tert-OH is 1. The van der Waals surface area contributed by atoms with Crippen LogP contribution in [0.3, 0.4) is 0 Å². The Bertz CT molecular complexity index is 331. The van der Waals surface area contributed by atoms with Crippen LogP contribution >= 0.6 is 0 Å². The number of hydrogen-bond acceptors (Lipinski definition) is 2. The van der Waals surface area contributed by atoms with Crippen LogP contribution in [0, 0.1) is 5.92 Å². The molecular weight excluding hydrogens is 392 g/mol. The summed E-state index contributed by atoms with van der Waals surface area (Å²) in [6.45, 7) is 7.56. The smallest absolute Gasteiger partial charge is 0.157 e. The van der Waals surface area contributed by atoms with Gasteiger partial charge in [0.25, 0.3) is 0 Å². The molecule has 0 amide bonds. The zero-order chi connectivity index (χ0) is 23.5. The number of aliphatic hydroxyl groups is 1. The standard InChI is InChI=1S/C30H62O2/c1-4-7-10-13-15-16-17-18-19-20-22-25-28-32-30(31)29(26-23-12-9-6-3)27-24-21-14-11-8-5-2/h29-31H,4-28H2,1-3H3. The Balaban J connectivity index is 3.76. The minimum absolute atomic E-state index is 0.343. The minimum Gasteiger partial charge on any atom is -0.368 e. The van der Waals surface area contributed by atoms with Crippen molar-refractivity contribution >= 4 is 0 Å². The largest absolute Gasteiger partial charge is 0.368 e. The van der Waals surface area contributed by atoms with Crippen molar-refractivity contribution in [3.05, 3.63) is 0 Å². The molecular formula is C30H62O2. The quantitative estimate of drug-likeness (QED) is 0.0987. The molecule has 0 aromatic carbocycles. The lowest BCUT2D eigenvalue weighted by Gasteiger charge is -2.23. The Hall–Kier alpha value is -0.0800. The van der Waals surface area contributed by atoms with Gasteiger partial charge in [-0.1, -0.05) is 156 Å². The maximum atomic E-state index is 10.7. The molecule has 1 N–H and O–H groups in total. The van der Waals surface area contributed by atoms with Crippen LogP contribution in [-0.2, 0) is 4.74 Å². The van der Waals surface area contributed by atoms with Gasteiger partial charge in [-0.05, 0) is 19.3 Å². The summed E-state index contributed by atoms with van der Waals surface area (Å²) in [5.41, 5.74) is 0. The lowest BCUT2D eigenvalue weighted by Crippen LogP contribution is -2.24. The summed E-state index contributed by atoms with van der Waals surface area (Å²) in [6, 6.07) is 0. The van der Waals surface area contributed by atoms with E-state index in [4.69, 9.17) is 4.74 Å². The molecule has 0 heterocycles. The van der Waals surface area contributed by atoms with E-state index in [0.29, 0.717) is 5.92 Å². The van der Waals surface area contributed by atoms with Crippen molar-refractivity contribution in [2.45, 2.75) is 181 Å². The summed E-state index contributed by atoms with van der Waals surface area (Å²) in [4.78, 5) is 0. The van der Waals surface area contributed by atoms with Gasteiger partial charge in [0.05, 0.1) is 0 Å². The van der Waals surface area contributed by atoms with Crippen molar-refractivity contribution in [2.75, 3.05) is 6.61 Å². The molecule has 2 atom stereocenters. The molecule has 2 unspecified atom stereocenters. The zero-order valence-electron chi connectivity index (χ0n) is 22.7. The number of ether oxygens (including phenoxy) is 1. The van der Waals surface area contributed by atoms with Gasteiger partial charge in [0, 0.05) is 12.5 Å². The SMILES string of the molecule is CCCCCCCCCCCCCCOC(O)C(CCCCCC)CCCCCCCC. The molecule has 2 heteroatoms. The van der Waals surface area contributed by atoms with E-state index < -0.39 is 6.29 Å². The molecule has 0 spiro atoms. The number of rotatable bonds is 27. The number of hydrogen-bond donors (Lipinski definition) is 1. The molecule has 194 valence electrons. The Kier molecular flexibility index (Phi) is 27.1. The summed E-state index contributed by atoms with van der Waals surface area (Å²) in [5.74, 6) is 0.343. The zero-order valence-corrected chi connectivity index (χ0v) is 22.7. The average molecular weight is 455 g/mol. The van der Waals surface area contributed by atoms with Gasteiger partial charge < -0.3 is 9.84 Å². The van der Waals surface area contributed by atoms with Crippen molar-refractivity contribution in [1.82, 2.24) is 0 Å². The summed E-state index contributed by atoms with van der Waals surface area (Å²) < 4.78 is 5.90. The topological polar surface area (TPSA) is 29.5 Å². The average Bonchev–Trinajstić information content (AvgIpc) is 2.80. The van der Waals surface area contributed by atoms with Crippen molar-refractivity contribution in [3.8, 4) is 0 Å². The van der Waals surface area contributed by atoms with Crippen LogP contribution in [0.4, 0.5) is 0 Å². The molecule has 0 saturated heterocycles. The molecule has 0 aromatic rings. The normalized spacial score (nSPS) is 13.5. The van der Waals surface area contributed by atoms with Crippen LogP contribution in [0.15, 0.2) is 0 Å². The van der Waals surface area contributed by atoms with E-state index in [-0.39, 0.29) is 0 Å². The summed E-state index contributed by atoms with van der Waals surface area (Å²) in [5, 5.41) is 10.7. The van der Waals surface area contributed by atoms with Gasteiger partial charge in [0.1, 0.15) is 0 Å². The predicted molar refractivity (Wildman–Crippen MR) is 143 cm³/mol. The summed E-state index contributed by atoms with van der Waals surface area (Å²) >= 11 is 0. The monoisotopic (exact) mass is 454 g/mol. The lowest BCUT2D eigenvalue weighted by molar-refractivity contribution is -0.138. The van der Waals surface area contributed by atoms with Gasteiger partial charge in [-0.15, -0.1) is 0 Å². The fraction of sp³-hybridized carbons (Fsp3) is 1.00. The van der Waals surface area contributed by atoms with Gasteiger partial charge in [-0.2, -0.15) is 0 Å². The second kappa shape index (κ2) is 27.2. The maximum Gasteiger partial charge on any atom is 0.157 e.